The minimum absolute atomic E-state index is 0.0287. The van der Waals surface area contributed by atoms with Gasteiger partial charge in [0, 0.05) is 43.1 Å². The van der Waals surface area contributed by atoms with Crippen LogP contribution in [-0.4, -0.2) is 115 Å². The van der Waals surface area contributed by atoms with Gasteiger partial charge < -0.3 is 34.6 Å². The molecule has 3 N–H and O–H groups in total. The van der Waals surface area contributed by atoms with Gasteiger partial charge in [-0.05, 0) is 77.2 Å². The average molecular weight is 887 g/mol. The molecule has 4 heterocycles. The summed E-state index contributed by atoms with van der Waals surface area (Å²) in [5.41, 5.74) is -2.92. The number of allylic oxidation sites excluding steroid dienone is 1. The fourth-order valence-corrected chi connectivity index (χ4v) is 10.1. The number of rotatable bonds is 10. The van der Waals surface area contributed by atoms with Crippen molar-refractivity contribution in [3.63, 3.8) is 0 Å². The van der Waals surface area contributed by atoms with Crippen molar-refractivity contribution < 1.29 is 50.6 Å². The van der Waals surface area contributed by atoms with E-state index in [0.29, 0.717) is 77.1 Å². The van der Waals surface area contributed by atoms with Crippen LogP contribution < -0.4 is 25.0 Å². The van der Waals surface area contributed by atoms with Crippen molar-refractivity contribution in [1.82, 2.24) is 25.2 Å². The zero-order valence-corrected chi connectivity index (χ0v) is 37.2. The van der Waals surface area contributed by atoms with Crippen LogP contribution in [0, 0.1) is 17.8 Å². The van der Waals surface area contributed by atoms with Crippen LogP contribution in [0.3, 0.4) is 0 Å². The van der Waals surface area contributed by atoms with Crippen molar-refractivity contribution in [3.8, 4) is 5.88 Å². The van der Waals surface area contributed by atoms with E-state index in [1.807, 2.05) is 50.3 Å². The van der Waals surface area contributed by atoms with Crippen LogP contribution in [0.5, 0.6) is 5.88 Å². The molecular formula is C44H60F2N6O9S. The summed E-state index contributed by atoms with van der Waals surface area (Å²) in [6.45, 7) is 10.6. The van der Waals surface area contributed by atoms with Gasteiger partial charge in [-0.3, -0.25) is 19.1 Å². The number of hydrogen-bond donors (Lipinski definition) is 3. The van der Waals surface area contributed by atoms with Gasteiger partial charge in [0.15, 0.2) is 5.60 Å². The lowest BCUT2D eigenvalue weighted by Gasteiger charge is -2.35. The topological polar surface area (TPSA) is 186 Å². The third-order valence-electron chi connectivity index (χ3n) is 13.7. The molecule has 4 fully saturated rings. The average Bonchev–Trinajstić information content (AvgIpc) is 4.10. The maximum absolute atomic E-state index is 15.1. The maximum Gasteiger partial charge on any atom is 0.408 e. The van der Waals surface area contributed by atoms with Crippen molar-refractivity contribution in [3.05, 3.63) is 42.6 Å². The van der Waals surface area contributed by atoms with Crippen LogP contribution in [0.4, 0.5) is 19.3 Å². The third kappa shape index (κ3) is 9.22. The Labute approximate surface area is 362 Å². The van der Waals surface area contributed by atoms with Crippen molar-refractivity contribution in [2.75, 3.05) is 37.7 Å². The zero-order chi connectivity index (χ0) is 44.8. The summed E-state index contributed by atoms with van der Waals surface area (Å²) in [6.07, 6.45) is 6.50. The number of halogens is 2. The Bertz CT molecular complexity index is 2190. The van der Waals surface area contributed by atoms with E-state index in [0.717, 1.165) is 24.9 Å². The van der Waals surface area contributed by atoms with Gasteiger partial charge in [-0.1, -0.05) is 50.6 Å². The summed E-state index contributed by atoms with van der Waals surface area (Å²) in [4.78, 5) is 65.6. The second kappa shape index (κ2) is 17.2. The Kier molecular flexibility index (Phi) is 12.6. The highest BCUT2D eigenvalue weighted by Gasteiger charge is 2.63. The molecule has 0 radical (unpaired) electrons. The molecule has 2 aliphatic carbocycles. The lowest BCUT2D eigenvalue weighted by molar-refractivity contribution is -0.152. The Morgan fingerprint density at radius 1 is 1.08 bits per heavy atom. The van der Waals surface area contributed by atoms with Gasteiger partial charge in [0.1, 0.15) is 23.7 Å². The molecule has 340 valence electrons. The fourth-order valence-electron chi connectivity index (χ4n) is 8.75. The quantitative estimate of drug-likeness (QED) is 0.266. The molecule has 4 amide bonds. The number of benzene rings is 1. The summed E-state index contributed by atoms with van der Waals surface area (Å²) < 4.78 is 74.2. The number of morpholine rings is 1. The highest BCUT2D eigenvalue weighted by Crippen LogP contribution is 2.48. The van der Waals surface area contributed by atoms with Crippen LogP contribution in [0.1, 0.15) is 92.9 Å². The molecule has 7 atom stereocenters. The molecule has 2 aromatic rings. The van der Waals surface area contributed by atoms with Gasteiger partial charge in [0.05, 0.1) is 36.4 Å². The number of fused-ring (bicyclic) bond motifs is 3. The van der Waals surface area contributed by atoms with E-state index in [1.54, 1.807) is 13.1 Å². The first kappa shape index (κ1) is 45.4. The molecule has 7 rings (SSSR count). The number of alkyl carbamates (subject to hydrolysis) is 1. The number of sulfonamides is 1. The second-order valence-electron chi connectivity index (χ2n) is 18.7. The predicted molar refractivity (Wildman–Crippen MR) is 227 cm³/mol. The SMILES string of the molecule is CC[C@@H]1C[C@@H](C)CC/C=C\[C@@H]2C[C@@]2(C(=O)NS(=O)(=O)C2(C)CC2)NC(=O)[C@@H]2C[C@@H](Oc3ncc(N4CCOCC4)c4ccccc34)CN2C(=O)[C@H]1NC(=O)OC(C)(C)C(C)(F)F. The first-order valence-electron chi connectivity index (χ1n) is 21.8. The number of ether oxygens (including phenoxy) is 3. The molecule has 2 saturated heterocycles. The third-order valence-corrected chi connectivity index (χ3v) is 15.8. The van der Waals surface area contributed by atoms with Crippen molar-refractivity contribution in [1.29, 1.82) is 0 Å². The number of alkyl halides is 2. The Hall–Kier alpha value is -4.58. The van der Waals surface area contributed by atoms with Gasteiger partial charge in [-0.15, -0.1) is 0 Å². The smallest absolute Gasteiger partial charge is 0.408 e. The Morgan fingerprint density at radius 2 is 1.77 bits per heavy atom. The predicted octanol–water partition coefficient (Wildman–Crippen LogP) is 5.22. The number of carbonyl (C=O) groups is 4. The lowest BCUT2D eigenvalue weighted by Crippen LogP contribution is -2.60. The van der Waals surface area contributed by atoms with E-state index < -0.39 is 85.7 Å². The highest BCUT2D eigenvalue weighted by atomic mass is 32.2. The minimum atomic E-state index is -4.06. The van der Waals surface area contributed by atoms with Crippen molar-refractivity contribution in [2.45, 2.75) is 133 Å². The maximum atomic E-state index is 15.1. The van der Waals surface area contributed by atoms with Crippen LogP contribution in [0.25, 0.3) is 10.8 Å². The number of nitrogens with one attached hydrogen (secondary N) is 3. The number of aromatic nitrogens is 1. The van der Waals surface area contributed by atoms with Gasteiger partial charge >= 0.3 is 6.09 Å². The van der Waals surface area contributed by atoms with E-state index in [2.05, 4.69) is 20.3 Å². The molecule has 0 bridgehead atoms. The van der Waals surface area contributed by atoms with Crippen LogP contribution >= 0.6 is 0 Å². The summed E-state index contributed by atoms with van der Waals surface area (Å²) in [7, 11) is -4.06. The minimum Gasteiger partial charge on any atom is -0.472 e. The standard InChI is InChI=1S/C44H60F2N6O9S/c1-7-28-22-27(2)12-8-9-13-29-24-44(29,39(55)50-62(57,58)42(5)16-17-42)49-36(53)33-23-30(26-52(33)38(54)35(28)48-40(56)61-41(3,4)43(6,45)46)60-37-32-15-11-10-14-31(32)34(25-47-37)51-18-20-59-21-19-51/h9-11,13-15,25,27-30,33,35H,7-8,12,16-24,26H2,1-6H3,(H,48,56)(H,49,53)(H,50,55)/b13-9-/t27-,28+,29+,30+,33-,35-,44+/m0/s1. The van der Waals surface area contributed by atoms with E-state index in [1.165, 1.54) is 4.90 Å². The van der Waals surface area contributed by atoms with Gasteiger partial charge in [-0.25, -0.2) is 27.0 Å². The Morgan fingerprint density at radius 3 is 2.44 bits per heavy atom. The molecule has 0 spiro atoms. The van der Waals surface area contributed by atoms with Gasteiger partial charge in [0.2, 0.25) is 27.7 Å². The number of hydrogen-bond acceptors (Lipinski definition) is 11. The second-order valence-corrected chi connectivity index (χ2v) is 20.9. The van der Waals surface area contributed by atoms with Crippen LogP contribution in [0.2, 0.25) is 0 Å². The normalized spacial score (nSPS) is 29.9. The lowest BCUT2D eigenvalue weighted by atomic mass is 9.85. The van der Waals surface area contributed by atoms with E-state index in [4.69, 9.17) is 19.2 Å². The molecule has 1 aromatic carbocycles. The first-order chi connectivity index (χ1) is 29.2. The van der Waals surface area contributed by atoms with E-state index in [9.17, 15) is 31.6 Å². The molecule has 5 aliphatic rings. The molecule has 3 aliphatic heterocycles. The monoisotopic (exact) mass is 886 g/mol. The van der Waals surface area contributed by atoms with Crippen LogP contribution in [0.15, 0.2) is 42.6 Å². The van der Waals surface area contributed by atoms with E-state index in [-0.39, 0.29) is 31.2 Å². The van der Waals surface area contributed by atoms with Crippen LogP contribution in [-0.2, 0) is 33.9 Å². The molecule has 18 heteroatoms. The molecule has 0 unspecified atom stereocenters. The molecular weight excluding hydrogens is 827 g/mol. The summed E-state index contributed by atoms with van der Waals surface area (Å²) in [6, 6.07) is 5.08. The first-order valence-corrected chi connectivity index (χ1v) is 23.3. The number of anilines is 1. The number of amides is 4. The molecule has 1 aromatic heterocycles. The van der Waals surface area contributed by atoms with E-state index >= 15 is 4.79 Å². The number of carbonyl (C=O) groups excluding carboxylic acids is 4. The number of pyridine rings is 1. The molecule has 62 heavy (non-hydrogen) atoms. The van der Waals surface area contributed by atoms with Gasteiger partial charge in [0.25, 0.3) is 11.8 Å². The van der Waals surface area contributed by atoms with Crippen molar-refractivity contribution in [2.24, 2.45) is 17.8 Å². The summed E-state index contributed by atoms with van der Waals surface area (Å²) >= 11 is 0. The molecule has 15 nitrogen and oxygen atoms in total. The fraction of sp³-hybridized carbons (Fsp3) is 0.659. The number of nitrogens with zero attached hydrogens (tertiary/aromatic N) is 3. The van der Waals surface area contributed by atoms with Crippen molar-refractivity contribution >= 4 is 50.3 Å². The van der Waals surface area contributed by atoms with Gasteiger partial charge in [-0.2, -0.15) is 0 Å². The summed E-state index contributed by atoms with van der Waals surface area (Å²) in [5, 5.41) is 7.10. The molecule has 2 saturated carbocycles. The largest absolute Gasteiger partial charge is 0.472 e. The summed E-state index contributed by atoms with van der Waals surface area (Å²) in [5.74, 6) is -6.34. The zero-order valence-electron chi connectivity index (χ0n) is 36.4. The highest BCUT2D eigenvalue weighted by molar-refractivity contribution is 7.91. The Balaban J connectivity index is 1.24.